The smallest absolute Gasteiger partial charge is 0.150 e. The van der Waals surface area contributed by atoms with Crippen molar-refractivity contribution in [3.05, 3.63) is 0 Å². The summed E-state index contributed by atoms with van der Waals surface area (Å²) in [4.78, 5) is 4.64. The van der Waals surface area contributed by atoms with Crippen LogP contribution >= 0.6 is 11.8 Å². The minimum absolute atomic E-state index is 0.745. The molecule has 1 aliphatic heterocycles. The highest BCUT2D eigenvalue weighted by atomic mass is 32.2. The van der Waals surface area contributed by atoms with E-state index in [4.69, 9.17) is 7.85 Å². The first kappa shape index (κ1) is 4.25. The maximum Gasteiger partial charge on any atom is 0.150 e. The van der Waals surface area contributed by atoms with E-state index in [0.717, 1.165) is 17.2 Å². The highest BCUT2D eigenvalue weighted by molar-refractivity contribution is 8.16. The summed E-state index contributed by atoms with van der Waals surface area (Å²) in [6.07, 6.45) is 0. The van der Waals surface area contributed by atoms with Gasteiger partial charge >= 0.3 is 0 Å². The van der Waals surface area contributed by atoms with Crippen molar-refractivity contribution in [3.63, 3.8) is 0 Å². The predicted molar refractivity (Wildman–Crippen MR) is 30.5 cm³/mol. The van der Waals surface area contributed by atoms with Crippen LogP contribution < -0.4 is 0 Å². The third-order valence-corrected chi connectivity index (χ3v) is 1.42. The molecule has 1 rings (SSSR count). The van der Waals surface area contributed by atoms with Gasteiger partial charge in [-0.2, -0.15) is 0 Å². The summed E-state index contributed by atoms with van der Waals surface area (Å²) in [6, 6.07) is 0. The molecule has 0 N–H and O–H groups in total. The number of nitrogens with zero attached hydrogens (tertiary/aromatic N) is 1. The van der Waals surface area contributed by atoms with E-state index in [1.807, 2.05) is 0 Å². The standard InChI is InChI=1S/C3H4BNS/c4-3-5-1-2-6-3/h1-2H2. The molecule has 2 radical (unpaired) electrons. The van der Waals surface area contributed by atoms with Crippen molar-refractivity contribution in [2.75, 3.05) is 12.3 Å². The van der Waals surface area contributed by atoms with Gasteiger partial charge in [0.25, 0.3) is 0 Å². The normalized spacial score (nSPS) is 21.0. The van der Waals surface area contributed by atoms with Gasteiger partial charge in [0.1, 0.15) is 0 Å². The van der Waals surface area contributed by atoms with Gasteiger partial charge in [0.15, 0.2) is 7.85 Å². The molecule has 1 nitrogen and oxygen atoms in total. The monoisotopic (exact) mass is 97.0 g/mol. The van der Waals surface area contributed by atoms with E-state index < -0.39 is 0 Å². The maximum absolute atomic E-state index is 5.25. The SMILES string of the molecule is [B]C1=NCCS1. The van der Waals surface area contributed by atoms with Crippen LogP contribution in [0.4, 0.5) is 0 Å². The van der Waals surface area contributed by atoms with E-state index in [2.05, 4.69) is 4.99 Å². The van der Waals surface area contributed by atoms with Crippen molar-refractivity contribution in [2.24, 2.45) is 4.99 Å². The number of thioether (sulfide) groups is 1. The van der Waals surface area contributed by atoms with Gasteiger partial charge in [-0.25, -0.2) is 0 Å². The zero-order chi connectivity index (χ0) is 4.41. The molecule has 1 aliphatic rings. The van der Waals surface area contributed by atoms with Crippen LogP contribution in [0.15, 0.2) is 4.99 Å². The number of hydrogen-bond acceptors (Lipinski definition) is 2. The van der Waals surface area contributed by atoms with Crippen molar-refractivity contribution in [1.29, 1.82) is 0 Å². The summed E-state index contributed by atoms with van der Waals surface area (Å²) >= 11 is 1.62. The van der Waals surface area contributed by atoms with Gasteiger partial charge in [0, 0.05) is 17.2 Å². The van der Waals surface area contributed by atoms with Crippen LogP contribution in [0.25, 0.3) is 0 Å². The Labute approximate surface area is 42.6 Å². The highest BCUT2D eigenvalue weighted by Gasteiger charge is 1.96. The Kier molecular flexibility index (Phi) is 1.20. The van der Waals surface area contributed by atoms with Crippen LogP contribution in [0, 0.1) is 0 Å². The molecule has 3 heteroatoms. The van der Waals surface area contributed by atoms with Crippen LogP contribution in [-0.4, -0.2) is 25.1 Å². The van der Waals surface area contributed by atoms with E-state index in [0.29, 0.717) is 0 Å². The zero-order valence-electron chi connectivity index (χ0n) is 3.35. The second-order valence-electron chi connectivity index (χ2n) is 1.07. The van der Waals surface area contributed by atoms with Crippen molar-refractivity contribution >= 4 is 24.6 Å². The van der Waals surface area contributed by atoms with E-state index in [9.17, 15) is 0 Å². The lowest BCUT2D eigenvalue weighted by atomic mass is 10.2. The van der Waals surface area contributed by atoms with Gasteiger partial charge in [0.05, 0.1) is 0 Å². The van der Waals surface area contributed by atoms with Crippen molar-refractivity contribution in [1.82, 2.24) is 0 Å². The van der Waals surface area contributed by atoms with E-state index >= 15 is 0 Å². The minimum atomic E-state index is 0.745. The molecule has 0 spiro atoms. The van der Waals surface area contributed by atoms with E-state index in [-0.39, 0.29) is 0 Å². The molecule has 0 aromatic heterocycles. The summed E-state index contributed by atoms with van der Waals surface area (Å²) in [6.45, 7) is 0.913. The summed E-state index contributed by atoms with van der Waals surface area (Å²) in [5, 5.41) is 0. The van der Waals surface area contributed by atoms with Crippen molar-refractivity contribution in [2.45, 2.75) is 0 Å². The fraction of sp³-hybridized carbons (Fsp3) is 0.667. The van der Waals surface area contributed by atoms with Gasteiger partial charge in [0.2, 0.25) is 0 Å². The molecule has 0 amide bonds. The molecule has 0 aromatic carbocycles. The molecular formula is C3H4BNS. The van der Waals surface area contributed by atoms with Crippen LogP contribution in [-0.2, 0) is 0 Å². The molecule has 0 fully saturated rings. The Hall–Kier alpha value is 0.0849. The van der Waals surface area contributed by atoms with Crippen LogP contribution in [0.1, 0.15) is 0 Å². The molecule has 30 valence electrons. The van der Waals surface area contributed by atoms with Crippen LogP contribution in [0.3, 0.4) is 0 Å². The van der Waals surface area contributed by atoms with Crippen LogP contribution in [0.5, 0.6) is 0 Å². The summed E-state index contributed by atoms with van der Waals surface area (Å²) in [5.41, 5.74) is 0. The van der Waals surface area contributed by atoms with E-state index in [1.165, 1.54) is 0 Å². The van der Waals surface area contributed by atoms with Gasteiger partial charge in [-0.05, 0) is 0 Å². The molecule has 0 unspecified atom stereocenters. The average Bonchev–Trinajstić information content (AvgIpc) is 1.86. The number of hydrogen-bond donors (Lipinski definition) is 0. The van der Waals surface area contributed by atoms with E-state index in [1.54, 1.807) is 11.8 Å². The number of aliphatic imine (C=N–C) groups is 1. The molecule has 0 aromatic rings. The Balaban J connectivity index is 2.45. The zero-order valence-corrected chi connectivity index (χ0v) is 4.16. The first-order chi connectivity index (χ1) is 2.89. The summed E-state index contributed by atoms with van der Waals surface area (Å²) in [7, 11) is 5.25. The second-order valence-corrected chi connectivity index (χ2v) is 2.18. The summed E-state index contributed by atoms with van der Waals surface area (Å²) < 4.78 is 0. The quantitative estimate of drug-likeness (QED) is 0.395. The number of rotatable bonds is 0. The lowest BCUT2D eigenvalue weighted by molar-refractivity contribution is 1.18. The molecule has 0 saturated heterocycles. The fourth-order valence-corrected chi connectivity index (χ4v) is 0.926. The van der Waals surface area contributed by atoms with Gasteiger partial charge in [-0.15, -0.1) is 11.8 Å². The first-order valence-corrected chi connectivity index (χ1v) is 2.81. The lowest BCUT2D eigenvalue weighted by Crippen LogP contribution is -1.79. The Morgan fingerprint density at radius 2 is 2.67 bits per heavy atom. The summed E-state index contributed by atoms with van der Waals surface area (Å²) in [5.74, 6) is 1.08. The Morgan fingerprint density at radius 3 is 2.83 bits per heavy atom. The largest absolute Gasteiger partial charge is 0.294 e. The molecule has 0 bridgehead atoms. The Morgan fingerprint density at radius 1 is 1.83 bits per heavy atom. The first-order valence-electron chi connectivity index (χ1n) is 1.82. The lowest BCUT2D eigenvalue weighted by Gasteiger charge is -1.77. The van der Waals surface area contributed by atoms with Crippen molar-refractivity contribution in [3.8, 4) is 0 Å². The molecule has 0 aliphatic carbocycles. The molecule has 1 heterocycles. The van der Waals surface area contributed by atoms with Crippen LogP contribution in [0.2, 0.25) is 0 Å². The minimum Gasteiger partial charge on any atom is -0.294 e. The second kappa shape index (κ2) is 1.69. The molecule has 6 heavy (non-hydrogen) atoms. The van der Waals surface area contributed by atoms with Gasteiger partial charge < -0.3 is 0 Å². The van der Waals surface area contributed by atoms with Crippen molar-refractivity contribution < 1.29 is 0 Å². The molecule has 0 atom stereocenters. The molecule has 0 saturated carbocycles. The van der Waals surface area contributed by atoms with Gasteiger partial charge in [-0.1, -0.05) is 0 Å². The Bertz CT molecular complexity index is 80.9. The third kappa shape index (κ3) is 0.774. The average molecular weight is 97.0 g/mol. The molecular weight excluding hydrogens is 92.9 g/mol. The third-order valence-electron chi connectivity index (χ3n) is 0.609. The maximum atomic E-state index is 5.25. The topological polar surface area (TPSA) is 12.4 Å². The highest BCUT2D eigenvalue weighted by Crippen LogP contribution is 2.06. The predicted octanol–water partition coefficient (Wildman–Crippen LogP) is 0.258. The van der Waals surface area contributed by atoms with Gasteiger partial charge in [-0.3, -0.25) is 4.99 Å². The fourth-order valence-electron chi connectivity index (χ4n) is 0.352.